The number of nitrogens with zero attached hydrogens (tertiary/aromatic N) is 1. The Hall–Kier alpha value is -1.34. The number of carbonyl (C=O) groups is 2. The van der Waals surface area contributed by atoms with Gasteiger partial charge in [-0.25, -0.2) is 8.78 Å². The molecule has 0 radical (unpaired) electrons. The molecule has 1 saturated heterocycles. The SMILES string of the molecule is COC(=O)C1CCN(C(=O)C(F)(F)C(F)F)C1. The van der Waals surface area contributed by atoms with Gasteiger partial charge < -0.3 is 9.64 Å². The molecule has 1 fully saturated rings. The lowest BCUT2D eigenvalue weighted by atomic mass is 10.1. The van der Waals surface area contributed by atoms with Gasteiger partial charge in [0, 0.05) is 13.1 Å². The quantitative estimate of drug-likeness (QED) is 0.557. The summed E-state index contributed by atoms with van der Waals surface area (Å²) in [4.78, 5) is 22.7. The summed E-state index contributed by atoms with van der Waals surface area (Å²) in [6, 6.07) is 0. The van der Waals surface area contributed by atoms with E-state index in [1.54, 1.807) is 0 Å². The molecule has 8 heteroatoms. The fraction of sp³-hybridized carbons (Fsp3) is 0.778. The van der Waals surface area contributed by atoms with E-state index >= 15 is 0 Å². The van der Waals surface area contributed by atoms with Gasteiger partial charge in [-0.15, -0.1) is 0 Å². The normalized spacial score (nSPS) is 20.8. The van der Waals surface area contributed by atoms with Crippen LogP contribution in [-0.2, 0) is 14.3 Å². The third-order valence-electron chi connectivity index (χ3n) is 2.57. The Morgan fingerprint density at radius 3 is 2.47 bits per heavy atom. The Balaban J connectivity index is 2.66. The molecule has 0 aromatic carbocycles. The van der Waals surface area contributed by atoms with Crippen LogP contribution in [0.5, 0.6) is 0 Å². The highest BCUT2D eigenvalue weighted by Gasteiger charge is 2.52. The third kappa shape index (κ3) is 2.67. The average Bonchev–Trinajstić information content (AvgIpc) is 2.75. The van der Waals surface area contributed by atoms with Crippen LogP contribution in [0.15, 0.2) is 0 Å². The van der Waals surface area contributed by atoms with Gasteiger partial charge in [-0.05, 0) is 6.42 Å². The summed E-state index contributed by atoms with van der Waals surface area (Å²) in [5, 5.41) is 0. The van der Waals surface area contributed by atoms with E-state index in [1.807, 2.05) is 0 Å². The van der Waals surface area contributed by atoms with Gasteiger partial charge in [-0.2, -0.15) is 8.78 Å². The molecule has 1 aliphatic rings. The Morgan fingerprint density at radius 2 is 2.00 bits per heavy atom. The molecule has 0 aromatic rings. The van der Waals surface area contributed by atoms with E-state index in [2.05, 4.69) is 4.74 Å². The van der Waals surface area contributed by atoms with E-state index in [4.69, 9.17) is 0 Å². The summed E-state index contributed by atoms with van der Waals surface area (Å²) in [6.07, 6.45) is -3.91. The maximum atomic E-state index is 12.7. The lowest BCUT2D eigenvalue weighted by Gasteiger charge is -2.22. The number of carbonyl (C=O) groups excluding carboxylic acids is 2. The molecule has 0 N–H and O–H groups in total. The Kier molecular flexibility index (Phi) is 3.94. The Labute approximate surface area is 94.5 Å². The van der Waals surface area contributed by atoms with Gasteiger partial charge in [0.2, 0.25) is 0 Å². The van der Waals surface area contributed by atoms with Crippen LogP contribution in [0, 0.1) is 5.92 Å². The number of ether oxygens (including phenoxy) is 1. The number of methoxy groups -OCH3 is 1. The van der Waals surface area contributed by atoms with Gasteiger partial charge >= 0.3 is 18.3 Å². The van der Waals surface area contributed by atoms with Crippen molar-refractivity contribution in [2.75, 3.05) is 20.2 Å². The first kappa shape index (κ1) is 13.7. The number of rotatable bonds is 3. The van der Waals surface area contributed by atoms with E-state index in [0.29, 0.717) is 4.90 Å². The molecule has 1 rings (SSSR count). The van der Waals surface area contributed by atoms with Crippen molar-refractivity contribution in [3.8, 4) is 0 Å². The summed E-state index contributed by atoms with van der Waals surface area (Å²) in [6.45, 7) is -0.464. The molecule has 1 unspecified atom stereocenters. The van der Waals surface area contributed by atoms with Gasteiger partial charge in [-0.3, -0.25) is 9.59 Å². The first-order chi connectivity index (χ1) is 7.80. The van der Waals surface area contributed by atoms with Crippen LogP contribution >= 0.6 is 0 Å². The van der Waals surface area contributed by atoms with Crippen molar-refractivity contribution in [3.63, 3.8) is 0 Å². The van der Waals surface area contributed by atoms with Gasteiger partial charge in [0.15, 0.2) is 0 Å². The van der Waals surface area contributed by atoms with Crippen LogP contribution < -0.4 is 0 Å². The summed E-state index contributed by atoms with van der Waals surface area (Å²) in [5.74, 6) is -8.01. The van der Waals surface area contributed by atoms with Crippen LogP contribution in [0.3, 0.4) is 0 Å². The van der Waals surface area contributed by atoms with Crippen molar-refractivity contribution in [2.24, 2.45) is 5.92 Å². The van der Waals surface area contributed by atoms with Crippen LogP contribution in [0.25, 0.3) is 0 Å². The fourth-order valence-corrected chi connectivity index (χ4v) is 1.61. The Morgan fingerprint density at radius 1 is 1.41 bits per heavy atom. The maximum absolute atomic E-state index is 12.7. The molecular weight excluding hydrogens is 246 g/mol. The second-order valence-corrected chi connectivity index (χ2v) is 3.68. The van der Waals surface area contributed by atoms with Gasteiger partial charge in [0.25, 0.3) is 5.91 Å². The number of amides is 1. The molecule has 0 aromatic heterocycles. The molecule has 0 spiro atoms. The fourth-order valence-electron chi connectivity index (χ4n) is 1.61. The minimum absolute atomic E-state index is 0.137. The van der Waals surface area contributed by atoms with Crippen molar-refractivity contribution in [1.82, 2.24) is 4.90 Å². The second-order valence-electron chi connectivity index (χ2n) is 3.68. The monoisotopic (exact) mass is 257 g/mol. The average molecular weight is 257 g/mol. The standard InChI is InChI=1S/C9H11F4NO3/c1-17-6(15)5-2-3-14(4-5)8(16)9(12,13)7(10)11/h5,7H,2-4H2,1H3. The molecule has 1 aliphatic heterocycles. The zero-order chi connectivity index (χ0) is 13.2. The zero-order valence-electron chi connectivity index (χ0n) is 8.96. The van der Waals surface area contributed by atoms with Gasteiger partial charge in [-0.1, -0.05) is 0 Å². The van der Waals surface area contributed by atoms with E-state index < -0.39 is 30.1 Å². The van der Waals surface area contributed by atoms with Crippen LogP contribution in [0.2, 0.25) is 0 Å². The maximum Gasteiger partial charge on any atom is 0.383 e. The largest absolute Gasteiger partial charge is 0.469 e. The highest BCUT2D eigenvalue weighted by atomic mass is 19.3. The summed E-state index contributed by atoms with van der Waals surface area (Å²) in [5.41, 5.74) is 0. The van der Waals surface area contributed by atoms with E-state index in [1.165, 1.54) is 0 Å². The smallest absolute Gasteiger partial charge is 0.383 e. The molecule has 4 nitrogen and oxygen atoms in total. The molecule has 0 bridgehead atoms. The van der Waals surface area contributed by atoms with Crippen molar-refractivity contribution < 1.29 is 31.9 Å². The number of hydrogen-bond donors (Lipinski definition) is 0. The number of halogens is 4. The van der Waals surface area contributed by atoms with Crippen molar-refractivity contribution in [1.29, 1.82) is 0 Å². The minimum Gasteiger partial charge on any atom is -0.469 e. The van der Waals surface area contributed by atoms with Crippen LogP contribution in [-0.4, -0.2) is 49.3 Å². The van der Waals surface area contributed by atoms with Crippen molar-refractivity contribution in [3.05, 3.63) is 0 Å². The zero-order valence-corrected chi connectivity index (χ0v) is 8.96. The number of hydrogen-bond acceptors (Lipinski definition) is 3. The molecule has 17 heavy (non-hydrogen) atoms. The lowest BCUT2D eigenvalue weighted by molar-refractivity contribution is -0.179. The van der Waals surface area contributed by atoms with Crippen LogP contribution in [0.4, 0.5) is 17.6 Å². The highest BCUT2D eigenvalue weighted by Crippen LogP contribution is 2.28. The molecule has 98 valence electrons. The predicted molar refractivity (Wildman–Crippen MR) is 47.7 cm³/mol. The van der Waals surface area contributed by atoms with Crippen molar-refractivity contribution >= 4 is 11.9 Å². The van der Waals surface area contributed by atoms with Crippen molar-refractivity contribution in [2.45, 2.75) is 18.8 Å². The van der Waals surface area contributed by atoms with Gasteiger partial charge in [0.05, 0.1) is 13.0 Å². The second kappa shape index (κ2) is 4.89. The number of likely N-dealkylation sites (tertiary alicyclic amines) is 1. The van der Waals surface area contributed by atoms with Gasteiger partial charge in [0.1, 0.15) is 0 Å². The summed E-state index contributed by atoms with van der Waals surface area (Å²) in [7, 11) is 1.13. The number of esters is 1. The lowest BCUT2D eigenvalue weighted by Crippen LogP contribution is -2.47. The molecule has 0 aliphatic carbocycles. The molecule has 1 amide bonds. The van der Waals surface area contributed by atoms with E-state index in [-0.39, 0.29) is 19.5 Å². The summed E-state index contributed by atoms with van der Waals surface area (Å²) < 4.78 is 53.8. The topological polar surface area (TPSA) is 46.6 Å². The highest BCUT2D eigenvalue weighted by molar-refractivity contribution is 5.85. The van der Waals surface area contributed by atoms with E-state index in [9.17, 15) is 27.2 Å². The third-order valence-corrected chi connectivity index (χ3v) is 2.57. The molecule has 1 atom stereocenters. The van der Waals surface area contributed by atoms with E-state index in [0.717, 1.165) is 7.11 Å². The number of alkyl halides is 4. The molecular formula is C9H11F4NO3. The predicted octanol–water partition coefficient (Wildman–Crippen LogP) is 0.908. The minimum atomic E-state index is -4.70. The molecule has 0 saturated carbocycles. The Bertz CT molecular complexity index is 321. The first-order valence-corrected chi connectivity index (χ1v) is 4.83. The summed E-state index contributed by atoms with van der Waals surface area (Å²) >= 11 is 0. The molecule has 1 heterocycles. The first-order valence-electron chi connectivity index (χ1n) is 4.83. The van der Waals surface area contributed by atoms with Crippen LogP contribution in [0.1, 0.15) is 6.42 Å².